The van der Waals surface area contributed by atoms with Crippen molar-refractivity contribution in [2.24, 2.45) is 0 Å². The van der Waals surface area contributed by atoms with Crippen molar-refractivity contribution < 1.29 is 59.0 Å². The summed E-state index contributed by atoms with van der Waals surface area (Å²) in [5, 5.41) is 74.1. The summed E-state index contributed by atoms with van der Waals surface area (Å²) >= 11 is 0. The number of aliphatic hydroxyl groups is 7. The van der Waals surface area contributed by atoms with Crippen molar-refractivity contribution in [3.8, 4) is 0 Å². The smallest absolute Gasteiger partial charge is 0.393 e. The van der Waals surface area contributed by atoms with Crippen LogP contribution in [0.1, 0.15) is 155 Å². The SMILES string of the molecule is CCCCCC/C=C\CCCCCCCC(O)CC(=O)NC(COP(=O)(O)OC1C(O)C(O)C(O)C(O)C1O)C(O)/C=C/CC/C=C/CCCCCCCC. The fourth-order valence-corrected chi connectivity index (χ4v) is 7.39. The summed E-state index contributed by atoms with van der Waals surface area (Å²) in [5.41, 5.74) is 0. The topological polar surface area (TPSA) is 226 Å². The monoisotopic (exact) mass is 806 g/mol. The van der Waals surface area contributed by atoms with Crippen LogP contribution in [-0.2, 0) is 18.4 Å². The van der Waals surface area contributed by atoms with E-state index in [1.54, 1.807) is 6.08 Å². The largest absolute Gasteiger partial charge is 0.472 e. The molecular formula is C41H76NO12P. The molecule has 0 aromatic heterocycles. The van der Waals surface area contributed by atoms with Gasteiger partial charge in [0, 0.05) is 0 Å². The van der Waals surface area contributed by atoms with Gasteiger partial charge in [-0.05, 0) is 57.8 Å². The van der Waals surface area contributed by atoms with Gasteiger partial charge >= 0.3 is 7.82 Å². The Bertz CT molecular complexity index is 1090. The van der Waals surface area contributed by atoms with Gasteiger partial charge in [-0.25, -0.2) is 4.57 Å². The van der Waals surface area contributed by atoms with Crippen LogP contribution in [0.5, 0.6) is 0 Å². The molecule has 0 heterocycles. The highest BCUT2D eigenvalue weighted by Crippen LogP contribution is 2.47. The highest BCUT2D eigenvalue weighted by molar-refractivity contribution is 7.47. The summed E-state index contributed by atoms with van der Waals surface area (Å²) in [5.74, 6) is -0.611. The van der Waals surface area contributed by atoms with Gasteiger partial charge in [0.2, 0.25) is 5.91 Å². The first-order chi connectivity index (χ1) is 26.3. The van der Waals surface area contributed by atoms with E-state index in [2.05, 4.69) is 43.5 Å². The Kier molecular flexibility index (Phi) is 29.5. The number of phosphoric ester groups is 1. The summed E-state index contributed by atoms with van der Waals surface area (Å²) in [6.45, 7) is 3.66. The van der Waals surface area contributed by atoms with Crippen LogP contribution >= 0.6 is 7.82 Å². The van der Waals surface area contributed by atoms with Gasteiger partial charge in [-0.2, -0.15) is 0 Å². The summed E-state index contributed by atoms with van der Waals surface area (Å²) in [4.78, 5) is 23.3. The van der Waals surface area contributed by atoms with Crippen molar-refractivity contribution in [1.29, 1.82) is 0 Å². The van der Waals surface area contributed by atoms with Gasteiger partial charge in [-0.1, -0.05) is 127 Å². The molecule has 0 aromatic rings. The van der Waals surface area contributed by atoms with Gasteiger partial charge in [0.25, 0.3) is 0 Å². The van der Waals surface area contributed by atoms with Crippen molar-refractivity contribution in [2.45, 2.75) is 210 Å². The van der Waals surface area contributed by atoms with Gasteiger partial charge in [-0.15, -0.1) is 0 Å². The van der Waals surface area contributed by atoms with E-state index in [1.165, 1.54) is 63.9 Å². The van der Waals surface area contributed by atoms with Gasteiger partial charge < -0.3 is 46.0 Å². The summed E-state index contributed by atoms with van der Waals surface area (Å²) in [7, 11) is -5.14. The standard InChI is InChI=1S/C41H76NO12P/c1-3-5-7-9-11-13-15-17-18-20-22-24-26-28-32(43)30-35(45)42-33(34(44)29-27-25-23-21-19-16-14-12-10-8-6-4-2)31-53-55(51,52)54-41-39(49)37(47)36(46)38(48)40(41)50/h13,15,19,21,27,29,32-34,36-41,43-44,46-50H,3-12,14,16-18,20,22-26,28,30-31H2,1-2H3,(H,42,45)(H,51,52)/b15-13-,21-19+,29-27+. The first-order valence-corrected chi connectivity index (χ1v) is 22.5. The molecule has 1 aliphatic carbocycles. The number of unbranched alkanes of at least 4 members (excludes halogenated alkanes) is 16. The van der Waals surface area contributed by atoms with Crippen molar-refractivity contribution in [2.75, 3.05) is 6.61 Å². The van der Waals surface area contributed by atoms with Crippen molar-refractivity contribution in [1.82, 2.24) is 5.32 Å². The maximum absolute atomic E-state index is 12.9. The predicted octanol–water partition coefficient (Wildman–Crippen LogP) is 5.80. The first-order valence-electron chi connectivity index (χ1n) is 21.0. The molecule has 322 valence electrons. The molecule has 1 rings (SSSR count). The number of aliphatic hydroxyl groups excluding tert-OH is 7. The number of carbonyl (C=O) groups excluding carboxylic acids is 1. The van der Waals surface area contributed by atoms with Crippen LogP contribution in [0, 0.1) is 0 Å². The van der Waals surface area contributed by atoms with E-state index >= 15 is 0 Å². The number of nitrogens with one attached hydrogen (secondary N) is 1. The zero-order valence-corrected chi connectivity index (χ0v) is 34.5. The number of hydrogen-bond donors (Lipinski definition) is 9. The number of phosphoric acid groups is 1. The lowest BCUT2D eigenvalue weighted by molar-refractivity contribution is -0.220. The average molecular weight is 806 g/mol. The van der Waals surface area contributed by atoms with Crippen LogP contribution in [-0.4, -0.2) is 108 Å². The lowest BCUT2D eigenvalue weighted by Gasteiger charge is -2.41. The fraction of sp³-hybridized carbons (Fsp3) is 0.829. The Morgan fingerprint density at radius 2 is 1.07 bits per heavy atom. The fourth-order valence-electron chi connectivity index (χ4n) is 6.43. The third-order valence-corrected chi connectivity index (χ3v) is 10.9. The Morgan fingerprint density at radius 3 is 1.62 bits per heavy atom. The Balaban J connectivity index is 2.65. The summed E-state index contributed by atoms with van der Waals surface area (Å²) in [6, 6.07) is -1.26. The molecular weight excluding hydrogens is 729 g/mol. The molecule has 14 heteroatoms. The van der Waals surface area contributed by atoms with E-state index in [-0.39, 0.29) is 6.42 Å². The molecule has 1 aliphatic rings. The Labute approximate surface area is 330 Å². The van der Waals surface area contributed by atoms with E-state index in [4.69, 9.17) is 9.05 Å². The lowest BCUT2D eigenvalue weighted by Crippen LogP contribution is -2.64. The average Bonchev–Trinajstić information content (AvgIpc) is 3.15. The lowest BCUT2D eigenvalue weighted by atomic mass is 9.85. The van der Waals surface area contributed by atoms with E-state index in [1.807, 2.05) is 0 Å². The van der Waals surface area contributed by atoms with Gasteiger partial charge in [-0.3, -0.25) is 13.8 Å². The van der Waals surface area contributed by atoms with E-state index < -0.39 is 75.2 Å². The van der Waals surface area contributed by atoms with Crippen molar-refractivity contribution in [3.63, 3.8) is 0 Å². The zero-order valence-electron chi connectivity index (χ0n) is 33.6. The second-order valence-corrected chi connectivity index (χ2v) is 16.4. The minimum Gasteiger partial charge on any atom is -0.393 e. The quantitative estimate of drug-likeness (QED) is 0.0218. The molecule has 1 amide bonds. The second-order valence-electron chi connectivity index (χ2n) is 15.0. The van der Waals surface area contributed by atoms with Gasteiger partial charge in [0.05, 0.1) is 31.3 Å². The number of rotatable bonds is 33. The summed E-state index contributed by atoms with van der Waals surface area (Å²) in [6.07, 6.45) is 19.6. The predicted molar refractivity (Wildman–Crippen MR) is 215 cm³/mol. The van der Waals surface area contributed by atoms with E-state index in [0.29, 0.717) is 12.8 Å². The van der Waals surface area contributed by atoms with Crippen LogP contribution in [0.15, 0.2) is 36.5 Å². The minimum atomic E-state index is -5.14. The third kappa shape index (κ3) is 24.1. The van der Waals surface area contributed by atoms with Gasteiger partial charge in [0.15, 0.2) is 0 Å². The van der Waals surface area contributed by atoms with E-state index in [9.17, 15) is 50.0 Å². The molecule has 13 nitrogen and oxygen atoms in total. The molecule has 8 atom stereocenters. The molecule has 1 saturated carbocycles. The van der Waals surface area contributed by atoms with E-state index in [0.717, 1.165) is 64.2 Å². The number of hydrogen-bond acceptors (Lipinski definition) is 11. The first kappa shape index (κ1) is 51.5. The molecule has 0 aliphatic heterocycles. The molecule has 55 heavy (non-hydrogen) atoms. The number of carbonyl (C=O) groups is 1. The molecule has 8 unspecified atom stereocenters. The van der Waals surface area contributed by atoms with Crippen molar-refractivity contribution >= 4 is 13.7 Å². The maximum atomic E-state index is 12.9. The molecule has 0 aromatic carbocycles. The van der Waals surface area contributed by atoms with Crippen LogP contribution in [0.25, 0.3) is 0 Å². The van der Waals surface area contributed by atoms with Crippen LogP contribution < -0.4 is 5.32 Å². The highest BCUT2D eigenvalue weighted by atomic mass is 31.2. The van der Waals surface area contributed by atoms with Crippen LogP contribution in [0.2, 0.25) is 0 Å². The third-order valence-electron chi connectivity index (χ3n) is 9.95. The number of allylic oxidation sites excluding steroid dienone is 5. The van der Waals surface area contributed by atoms with Crippen molar-refractivity contribution in [3.05, 3.63) is 36.5 Å². The molecule has 0 saturated heterocycles. The van der Waals surface area contributed by atoms with Crippen LogP contribution in [0.3, 0.4) is 0 Å². The van der Waals surface area contributed by atoms with Gasteiger partial charge in [0.1, 0.15) is 36.6 Å². The molecule has 9 N–H and O–H groups in total. The molecule has 0 spiro atoms. The zero-order chi connectivity index (χ0) is 40.9. The second kappa shape index (κ2) is 31.5. The minimum absolute atomic E-state index is 0.259. The molecule has 1 fully saturated rings. The van der Waals surface area contributed by atoms with Crippen LogP contribution in [0.4, 0.5) is 0 Å². The maximum Gasteiger partial charge on any atom is 0.472 e. The highest BCUT2D eigenvalue weighted by Gasteiger charge is 2.51. The Morgan fingerprint density at radius 1 is 0.636 bits per heavy atom. The summed E-state index contributed by atoms with van der Waals surface area (Å²) < 4.78 is 22.7. The molecule has 0 bridgehead atoms. The Hall–Kier alpha value is -1.48. The molecule has 0 radical (unpaired) electrons. The normalized spacial score (nSPS) is 24.8. The number of amides is 1.